The number of nitrogens with one attached hydrogen (secondary N) is 2. The molecule has 5 nitrogen and oxygen atoms in total. The summed E-state index contributed by atoms with van der Waals surface area (Å²) in [6.07, 6.45) is -4.45. The highest BCUT2D eigenvalue weighted by molar-refractivity contribution is 5.85. The topological polar surface area (TPSA) is 61.4 Å². The molecule has 0 spiro atoms. The van der Waals surface area contributed by atoms with Crippen LogP contribution in [0.5, 0.6) is 0 Å². The lowest BCUT2D eigenvalue weighted by Crippen LogP contribution is -2.44. The molecule has 0 aliphatic rings. The summed E-state index contributed by atoms with van der Waals surface area (Å²) < 4.78 is 35.4. The van der Waals surface area contributed by atoms with Crippen LogP contribution in [0.1, 0.15) is 13.8 Å². The Labute approximate surface area is 104 Å². The molecule has 0 unspecified atom stereocenters. The quantitative estimate of drug-likeness (QED) is 0.720. The molecule has 0 atom stereocenters. The van der Waals surface area contributed by atoms with Crippen LogP contribution in [-0.4, -0.2) is 55.6 Å². The first-order valence-electron chi connectivity index (χ1n) is 5.42. The van der Waals surface area contributed by atoms with E-state index in [0.717, 1.165) is 4.90 Å². The smallest absolute Gasteiger partial charge is 0.345 e. The first-order chi connectivity index (χ1) is 8.11. The van der Waals surface area contributed by atoms with Crippen molar-refractivity contribution in [2.24, 2.45) is 0 Å². The molecule has 0 radical (unpaired) electrons. The number of hydrogen-bond donors (Lipinski definition) is 2. The van der Waals surface area contributed by atoms with Gasteiger partial charge in [-0.05, 0) is 0 Å². The van der Waals surface area contributed by atoms with E-state index in [1.807, 2.05) is 13.8 Å². The number of halogens is 3. The van der Waals surface area contributed by atoms with E-state index in [1.165, 1.54) is 7.05 Å². The Balaban J connectivity index is 3.96. The number of hydrogen-bond acceptors (Lipinski definition) is 3. The summed E-state index contributed by atoms with van der Waals surface area (Å²) in [4.78, 5) is 23.6. The summed E-state index contributed by atoms with van der Waals surface area (Å²) in [5, 5.41) is 4.55. The second-order valence-electron chi connectivity index (χ2n) is 4.18. The van der Waals surface area contributed by atoms with E-state index in [1.54, 1.807) is 5.32 Å². The van der Waals surface area contributed by atoms with E-state index in [2.05, 4.69) is 5.32 Å². The summed E-state index contributed by atoms with van der Waals surface area (Å²) in [6.45, 7) is 1.96. The minimum Gasteiger partial charge on any atom is -0.345 e. The van der Waals surface area contributed by atoms with Gasteiger partial charge in [0.2, 0.25) is 11.8 Å². The molecule has 0 rings (SSSR count). The van der Waals surface area contributed by atoms with Gasteiger partial charge in [0.15, 0.2) is 0 Å². The Morgan fingerprint density at radius 2 is 1.83 bits per heavy atom. The minimum absolute atomic E-state index is 0.0424. The molecule has 18 heavy (non-hydrogen) atoms. The number of rotatable bonds is 6. The van der Waals surface area contributed by atoms with Gasteiger partial charge in [0.25, 0.3) is 0 Å². The van der Waals surface area contributed by atoms with Crippen LogP contribution in [0.2, 0.25) is 0 Å². The van der Waals surface area contributed by atoms with Gasteiger partial charge in [-0.1, -0.05) is 13.8 Å². The Morgan fingerprint density at radius 1 is 1.28 bits per heavy atom. The first kappa shape index (κ1) is 16.7. The maximum absolute atomic E-state index is 11.8. The molecule has 2 N–H and O–H groups in total. The zero-order valence-corrected chi connectivity index (χ0v) is 10.6. The van der Waals surface area contributed by atoms with Crippen molar-refractivity contribution >= 4 is 11.8 Å². The number of amides is 2. The average Bonchev–Trinajstić information content (AvgIpc) is 2.21. The third-order valence-electron chi connectivity index (χ3n) is 1.95. The molecular weight excluding hydrogens is 251 g/mol. The normalized spacial score (nSPS) is 11.5. The molecule has 8 heteroatoms. The van der Waals surface area contributed by atoms with Crippen LogP contribution < -0.4 is 10.6 Å². The number of alkyl halides is 3. The van der Waals surface area contributed by atoms with Crippen molar-refractivity contribution in [1.29, 1.82) is 0 Å². The largest absolute Gasteiger partial charge is 0.405 e. The van der Waals surface area contributed by atoms with Crippen molar-refractivity contribution in [3.05, 3.63) is 0 Å². The molecule has 0 aromatic heterocycles. The minimum atomic E-state index is -4.45. The van der Waals surface area contributed by atoms with Crippen LogP contribution >= 0.6 is 0 Å². The maximum Gasteiger partial charge on any atom is 0.405 e. The molecule has 0 heterocycles. The van der Waals surface area contributed by atoms with Gasteiger partial charge in [0, 0.05) is 13.1 Å². The van der Waals surface area contributed by atoms with E-state index in [-0.39, 0.29) is 18.5 Å². The summed E-state index contributed by atoms with van der Waals surface area (Å²) in [5.74, 6) is -1.20. The molecule has 0 bridgehead atoms. The lowest BCUT2D eigenvalue weighted by atomic mass is 10.4. The standard InChI is InChI=1S/C10H18F3N3O2/c1-7(2)14-4-9(18)16(3)5-8(17)15-6-10(11,12)13/h7,14H,4-6H2,1-3H3,(H,15,17). The molecule has 0 saturated carbocycles. The summed E-state index contributed by atoms with van der Waals surface area (Å²) in [7, 11) is 1.36. The van der Waals surface area contributed by atoms with Gasteiger partial charge in [-0.25, -0.2) is 0 Å². The summed E-state index contributed by atoms with van der Waals surface area (Å²) in [6, 6.07) is 0.112. The van der Waals surface area contributed by atoms with E-state index >= 15 is 0 Å². The molecule has 0 aliphatic heterocycles. The second kappa shape index (κ2) is 7.20. The second-order valence-corrected chi connectivity index (χ2v) is 4.18. The van der Waals surface area contributed by atoms with Crippen molar-refractivity contribution < 1.29 is 22.8 Å². The van der Waals surface area contributed by atoms with Gasteiger partial charge < -0.3 is 15.5 Å². The van der Waals surface area contributed by atoms with Gasteiger partial charge in [-0.15, -0.1) is 0 Å². The zero-order chi connectivity index (χ0) is 14.3. The van der Waals surface area contributed by atoms with E-state index in [4.69, 9.17) is 0 Å². The van der Waals surface area contributed by atoms with Crippen molar-refractivity contribution in [3.63, 3.8) is 0 Å². The third kappa shape index (κ3) is 8.80. The highest BCUT2D eigenvalue weighted by Crippen LogP contribution is 2.11. The first-order valence-corrected chi connectivity index (χ1v) is 5.42. The Morgan fingerprint density at radius 3 is 2.28 bits per heavy atom. The van der Waals surface area contributed by atoms with Gasteiger partial charge in [0.05, 0.1) is 13.1 Å². The van der Waals surface area contributed by atoms with Crippen molar-refractivity contribution in [2.45, 2.75) is 26.1 Å². The Kier molecular flexibility index (Phi) is 6.67. The maximum atomic E-state index is 11.8. The number of nitrogens with zero attached hydrogens (tertiary/aromatic N) is 1. The molecular formula is C10H18F3N3O2. The van der Waals surface area contributed by atoms with Crippen LogP contribution in [0, 0.1) is 0 Å². The zero-order valence-electron chi connectivity index (χ0n) is 10.6. The molecule has 0 aromatic rings. The fraction of sp³-hybridized carbons (Fsp3) is 0.800. The van der Waals surface area contributed by atoms with Crippen LogP contribution in [0.25, 0.3) is 0 Å². The summed E-state index contributed by atoms with van der Waals surface area (Å²) >= 11 is 0. The van der Waals surface area contributed by atoms with Crippen LogP contribution in [0.15, 0.2) is 0 Å². The molecule has 0 aromatic carbocycles. The number of carbonyl (C=O) groups is 2. The third-order valence-corrected chi connectivity index (χ3v) is 1.95. The molecule has 0 aliphatic carbocycles. The van der Waals surface area contributed by atoms with Crippen molar-refractivity contribution in [2.75, 3.05) is 26.7 Å². The Bertz CT molecular complexity index is 293. The van der Waals surface area contributed by atoms with Gasteiger partial charge in [-0.2, -0.15) is 13.2 Å². The van der Waals surface area contributed by atoms with E-state index in [9.17, 15) is 22.8 Å². The predicted octanol–water partition coefficient (Wildman–Crippen LogP) is 0.121. The molecule has 106 valence electrons. The van der Waals surface area contributed by atoms with E-state index in [0.29, 0.717) is 0 Å². The van der Waals surface area contributed by atoms with Crippen LogP contribution in [0.4, 0.5) is 13.2 Å². The van der Waals surface area contributed by atoms with E-state index < -0.39 is 25.2 Å². The molecule has 0 fully saturated rings. The Hall–Kier alpha value is -1.31. The monoisotopic (exact) mass is 269 g/mol. The summed E-state index contributed by atoms with van der Waals surface area (Å²) in [5.41, 5.74) is 0. The van der Waals surface area contributed by atoms with Gasteiger partial charge in [0.1, 0.15) is 6.54 Å². The highest BCUT2D eigenvalue weighted by atomic mass is 19.4. The predicted molar refractivity (Wildman–Crippen MR) is 59.8 cm³/mol. The fourth-order valence-corrected chi connectivity index (χ4v) is 0.985. The molecule has 0 saturated heterocycles. The van der Waals surface area contributed by atoms with Crippen LogP contribution in [-0.2, 0) is 9.59 Å². The fourth-order valence-electron chi connectivity index (χ4n) is 0.985. The van der Waals surface area contributed by atoms with Crippen molar-refractivity contribution in [1.82, 2.24) is 15.5 Å². The van der Waals surface area contributed by atoms with Crippen LogP contribution in [0.3, 0.4) is 0 Å². The average molecular weight is 269 g/mol. The lowest BCUT2D eigenvalue weighted by Gasteiger charge is -2.18. The highest BCUT2D eigenvalue weighted by Gasteiger charge is 2.28. The van der Waals surface area contributed by atoms with Gasteiger partial charge in [-0.3, -0.25) is 9.59 Å². The number of likely N-dealkylation sites (N-methyl/N-ethyl adjacent to an activating group) is 1. The molecule has 2 amide bonds. The van der Waals surface area contributed by atoms with Crippen molar-refractivity contribution in [3.8, 4) is 0 Å². The SMILES string of the molecule is CC(C)NCC(=O)N(C)CC(=O)NCC(F)(F)F. The lowest BCUT2D eigenvalue weighted by molar-refractivity contribution is -0.141. The van der Waals surface area contributed by atoms with Gasteiger partial charge >= 0.3 is 6.18 Å². The number of carbonyl (C=O) groups excluding carboxylic acids is 2.